The highest BCUT2D eigenvalue weighted by Crippen LogP contribution is 2.20. The second-order valence-electron chi connectivity index (χ2n) is 6.24. The Morgan fingerprint density at radius 2 is 2.19 bits per heavy atom. The maximum absolute atomic E-state index is 12.4. The van der Waals surface area contributed by atoms with Crippen molar-refractivity contribution in [1.29, 1.82) is 0 Å². The summed E-state index contributed by atoms with van der Waals surface area (Å²) in [5, 5.41) is 6.03. The fourth-order valence-corrected chi connectivity index (χ4v) is 2.93. The molecule has 0 bridgehead atoms. The van der Waals surface area contributed by atoms with Crippen LogP contribution in [0, 0.1) is 0 Å². The molecular formula is C20H24N4O2. The van der Waals surface area contributed by atoms with Gasteiger partial charge in [0.1, 0.15) is 11.4 Å². The highest BCUT2D eigenvalue weighted by Gasteiger charge is 2.10. The molecule has 2 N–H and O–H groups in total. The minimum atomic E-state index is -0.279. The van der Waals surface area contributed by atoms with Gasteiger partial charge in [0.2, 0.25) is 5.95 Å². The van der Waals surface area contributed by atoms with Gasteiger partial charge in [-0.1, -0.05) is 17.7 Å². The second kappa shape index (κ2) is 8.99. The first-order valence-electron chi connectivity index (χ1n) is 8.95. The Morgan fingerprint density at radius 1 is 1.27 bits per heavy atom. The lowest BCUT2D eigenvalue weighted by Crippen LogP contribution is -2.15. The summed E-state index contributed by atoms with van der Waals surface area (Å²) in [5.41, 5.74) is 2.48. The number of rotatable bonds is 7. The molecule has 6 heteroatoms. The van der Waals surface area contributed by atoms with Gasteiger partial charge < -0.3 is 15.4 Å². The number of methoxy groups -OCH3 is 1. The average Bonchev–Trinajstić information content (AvgIpc) is 2.69. The number of benzene rings is 1. The number of nitrogens with zero attached hydrogens (tertiary/aromatic N) is 2. The van der Waals surface area contributed by atoms with Crippen LogP contribution in [0.3, 0.4) is 0 Å². The lowest BCUT2D eigenvalue weighted by molar-refractivity contribution is 0.102. The molecule has 136 valence electrons. The first-order valence-corrected chi connectivity index (χ1v) is 8.95. The SMILES string of the molecule is COc1cccc(NC(=O)c2ccnc(NCCC3=CCCCC3)n2)c1. The summed E-state index contributed by atoms with van der Waals surface area (Å²) in [4.78, 5) is 20.9. The standard InChI is InChI=1S/C20H24N4O2/c1-26-17-9-5-8-16(14-17)23-19(25)18-11-13-22-20(24-18)21-12-10-15-6-3-2-4-7-15/h5-6,8-9,11,13-14H,2-4,7,10,12H2,1H3,(H,23,25)(H,21,22,24). The summed E-state index contributed by atoms with van der Waals surface area (Å²) in [5.74, 6) is 0.878. The lowest BCUT2D eigenvalue weighted by atomic mass is 9.97. The summed E-state index contributed by atoms with van der Waals surface area (Å²) in [6.07, 6.45) is 9.87. The Balaban J connectivity index is 1.57. The van der Waals surface area contributed by atoms with Crippen LogP contribution < -0.4 is 15.4 Å². The molecule has 1 amide bonds. The molecule has 0 saturated carbocycles. The van der Waals surface area contributed by atoms with E-state index in [4.69, 9.17) is 4.74 Å². The fourth-order valence-electron chi connectivity index (χ4n) is 2.93. The average molecular weight is 352 g/mol. The smallest absolute Gasteiger partial charge is 0.274 e. The van der Waals surface area contributed by atoms with Crippen molar-refractivity contribution >= 4 is 17.5 Å². The van der Waals surface area contributed by atoms with Crippen molar-refractivity contribution in [3.8, 4) is 5.75 Å². The van der Waals surface area contributed by atoms with E-state index in [0.717, 1.165) is 13.0 Å². The van der Waals surface area contributed by atoms with Crippen molar-refractivity contribution in [2.75, 3.05) is 24.3 Å². The third-order valence-corrected chi connectivity index (χ3v) is 4.33. The number of carbonyl (C=O) groups excluding carboxylic acids is 1. The molecule has 0 fully saturated rings. The van der Waals surface area contributed by atoms with E-state index < -0.39 is 0 Å². The van der Waals surface area contributed by atoms with E-state index in [0.29, 0.717) is 23.1 Å². The Labute approximate surface area is 153 Å². The fraction of sp³-hybridized carbons (Fsp3) is 0.350. The van der Waals surface area contributed by atoms with Crippen molar-refractivity contribution in [3.63, 3.8) is 0 Å². The molecule has 0 spiro atoms. The van der Waals surface area contributed by atoms with Crippen LogP contribution in [0.25, 0.3) is 0 Å². The minimum absolute atomic E-state index is 0.279. The van der Waals surface area contributed by atoms with Crippen molar-refractivity contribution in [1.82, 2.24) is 9.97 Å². The number of allylic oxidation sites excluding steroid dienone is 1. The van der Waals surface area contributed by atoms with Crippen molar-refractivity contribution in [3.05, 3.63) is 53.9 Å². The maximum atomic E-state index is 12.4. The van der Waals surface area contributed by atoms with Gasteiger partial charge in [0.25, 0.3) is 5.91 Å². The zero-order chi connectivity index (χ0) is 18.2. The van der Waals surface area contributed by atoms with Gasteiger partial charge in [-0.3, -0.25) is 4.79 Å². The van der Waals surface area contributed by atoms with Gasteiger partial charge in [-0.15, -0.1) is 0 Å². The quantitative estimate of drug-likeness (QED) is 0.736. The van der Waals surface area contributed by atoms with E-state index in [1.165, 1.54) is 31.3 Å². The molecule has 1 aromatic heterocycles. The summed E-state index contributed by atoms with van der Waals surface area (Å²) >= 11 is 0. The number of carbonyl (C=O) groups is 1. The zero-order valence-corrected chi connectivity index (χ0v) is 15.0. The summed E-state index contributed by atoms with van der Waals surface area (Å²) in [7, 11) is 1.59. The Hall–Kier alpha value is -2.89. The number of anilines is 2. The van der Waals surface area contributed by atoms with Gasteiger partial charge in [-0.05, 0) is 50.3 Å². The lowest BCUT2D eigenvalue weighted by Gasteiger charge is -2.13. The number of aromatic nitrogens is 2. The maximum Gasteiger partial charge on any atom is 0.274 e. The normalized spacial score (nSPS) is 13.7. The second-order valence-corrected chi connectivity index (χ2v) is 6.24. The topological polar surface area (TPSA) is 76.1 Å². The predicted octanol–water partition coefficient (Wildman–Crippen LogP) is 4.04. The minimum Gasteiger partial charge on any atom is -0.497 e. The molecule has 3 rings (SSSR count). The first kappa shape index (κ1) is 17.9. The van der Waals surface area contributed by atoms with Crippen LogP contribution in [0.2, 0.25) is 0 Å². The largest absolute Gasteiger partial charge is 0.497 e. The third kappa shape index (κ3) is 5.05. The number of amides is 1. The predicted molar refractivity (Wildman–Crippen MR) is 103 cm³/mol. The van der Waals surface area contributed by atoms with Crippen molar-refractivity contribution in [2.24, 2.45) is 0 Å². The molecular weight excluding hydrogens is 328 g/mol. The monoisotopic (exact) mass is 352 g/mol. The van der Waals surface area contributed by atoms with Gasteiger partial charge in [0, 0.05) is 24.5 Å². The van der Waals surface area contributed by atoms with E-state index in [9.17, 15) is 4.79 Å². The molecule has 0 atom stereocenters. The Morgan fingerprint density at radius 3 is 3.00 bits per heavy atom. The molecule has 0 unspecified atom stereocenters. The Bertz CT molecular complexity index is 789. The van der Waals surface area contributed by atoms with E-state index in [1.807, 2.05) is 12.1 Å². The molecule has 0 radical (unpaired) electrons. The molecule has 26 heavy (non-hydrogen) atoms. The zero-order valence-electron chi connectivity index (χ0n) is 15.0. The van der Waals surface area contributed by atoms with Crippen molar-refractivity contribution in [2.45, 2.75) is 32.1 Å². The van der Waals surface area contributed by atoms with E-state index in [1.54, 1.807) is 31.5 Å². The van der Waals surface area contributed by atoms with Gasteiger partial charge >= 0.3 is 0 Å². The third-order valence-electron chi connectivity index (χ3n) is 4.33. The van der Waals surface area contributed by atoms with Crippen LogP contribution in [0.5, 0.6) is 5.75 Å². The van der Waals surface area contributed by atoms with Gasteiger partial charge in [0.05, 0.1) is 7.11 Å². The first-order chi connectivity index (χ1) is 12.7. The van der Waals surface area contributed by atoms with Crippen LogP contribution in [-0.4, -0.2) is 29.5 Å². The van der Waals surface area contributed by atoms with Crippen LogP contribution in [0.4, 0.5) is 11.6 Å². The van der Waals surface area contributed by atoms with E-state index >= 15 is 0 Å². The highest BCUT2D eigenvalue weighted by atomic mass is 16.5. The number of hydrogen-bond donors (Lipinski definition) is 2. The number of ether oxygens (including phenoxy) is 1. The van der Waals surface area contributed by atoms with Crippen LogP contribution in [0.15, 0.2) is 48.2 Å². The molecule has 6 nitrogen and oxygen atoms in total. The van der Waals surface area contributed by atoms with Crippen LogP contribution >= 0.6 is 0 Å². The molecule has 1 heterocycles. The summed E-state index contributed by atoms with van der Waals surface area (Å²) in [6.45, 7) is 0.771. The molecule has 1 aliphatic rings. The summed E-state index contributed by atoms with van der Waals surface area (Å²) in [6, 6.07) is 8.81. The van der Waals surface area contributed by atoms with Gasteiger partial charge in [-0.25, -0.2) is 9.97 Å². The molecule has 2 aromatic rings. The van der Waals surface area contributed by atoms with E-state index in [2.05, 4.69) is 26.7 Å². The summed E-state index contributed by atoms with van der Waals surface area (Å²) < 4.78 is 5.16. The van der Waals surface area contributed by atoms with E-state index in [-0.39, 0.29) is 5.91 Å². The van der Waals surface area contributed by atoms with Gasteiger partial charge in [0.15, 0.2) is 0 Å². The number of nitrogens with one attached hydrogen (secondary N) is 2. The molecule has 0 saturated heterocycles. The molecule has 1 aromatic carbocycles. The van der Waals surface area contributed by atoms with Crippen LogP contribution in [0.1, 0.15) is 42.6 Å². The van der Waals surface area contributed by atoms with Gasteiger partial charge in [-0.2, -0.15) is 0 Å². The Kier molecular flexibility index (Phi) is 6.19. The number of hydrogen-bond acceptors (Lipinski definition) is 5. The highest BCUT2D eigenvalue weighted by molar-refractivity contribution is 6.03. The van der Waals surface area contributed by atoms with Crippen molar-refractivity contribution < 1.29 is 9.53 Å². The van der Waals surface area contributed by atoms with Crippen LogP contribution in [-0.2, 0) is 0 Å². The molecule has 0 aliphatic heterocycles. The molecule has 1 aliphatic carbocycles.